The van der Waals surface area contributed by atoms with Crippen molar-refractivity contribution < 1.29 is 4.79 Å². The maximum absolute atomic E-state index is 13.2. The Hall–Kier alpha value is -1.57. The van der Waals surface area contributed by atoms with Gasteiger partial charge in [0.05, 0.1) is 5.75 Å². The third kappa shape index (κ3) is 4.07. The van der Waals surface area contributed by atoms with Crippen LogP contribution in [-0.2, 0) is 24.4 Å². The Morgan fingerprint density at radius 2 is 2.11 bits per heavy atom. The molecule has 2 aromatic rings. The van der Waals surface area contributed by atoms with Crippen LogP contribution in [0.5, 0.6) is 0 Å². The molecule has 1 amide bonds. The molecule has 0 unspecified atom stereocenters. The van der Waals surface area contributed by atoms with Gasteiger partial charge in [-0.15, -0.1) is 0 Å². The standard InChI is InChI=1S/C21H27N3O2S2/c1-22(8-15-5-6-28-13-15)11-17-3-4-19-18-7-16(10-24(19)21(17)26)9-23(12-18)20(25)14-27-2/h3-6,13,16,18H,7-12,14H2,1-2H3/t16-,18+/m0/s1. The number of carbonyl (C=O) groups is 1. The van der Waals surface area contributed by atoms with Crippen molar-refractivity contribution in [3.8, 4) is 0 Å². The Morgan fingerprint density at radius 1 is 1.25 bits per heavy atom. The summed E-state index contributed by atoms with van der Waals surface area (Å²) in [6.07, 6.45) is 3.05. The normalized spacial score (nSPS) is 21.0. The molecule has 2 aliphatic rings. The number of hydrogen-bond donors (Lipinski definition) is 0. The highest BCUT2D eigenvalue weighted by molar-refractivity contribution is 7.99. The topological polar surface area (TPSA) is 45.6 Å². The molecule has 0 saturated carbocycles. The van der Waals surface area contributed by atoms with Gasteiger partial charge >= 0.3 is 0 Å². The number of aromatic nitrogens is 1. The zero-order chi connectivity index (χ0) is 19.7. The molecule has 4 heterocycles. The van der Waals surface area contributed by atoms with Gasteiger partial charge in [0.2, 0.25) is 5.91 Å². The quantitative estimate of drug-likeness (QED) is 0.725. The summed E-state index contributed by atoms with van der Waals surface area (Å²) in [5.41, 5.74) is 3.40. The molecule has 4 rings (SSSR count). The molecule has 2 bridgehead atoms. The lowest BCUT2D eigenvalue weighted by molar-refractivity contribution is -0.131. The number of fused-ring (bicyclic) bond motifs is 4. The Labute approximate surface area is 174 Å². The molecule has 0 aliphatic carbocycles. The Morgan fingerprint density at radius 3 is 2.86 bits per heavy atom. The zero-order valence-electron chi connectivity index (χ0n) is 16.5. The number of thiophene rings is 1. The highest BCUT2D eigenvalue weighted by atomic mass is 32.2. The summed E-state index contributed by atoms with van der Waals surface area (Å²) in [6, 6.07) is 6.26. The van der Waals surface area contributed by atoms with E-state index in [1.165, 1.54) is 5.56 Å². The molecule has 0 radical (unpaired) electrons. The molecule has 2 atom stereocenters. The van der Waals surface area contributed by atoms with Crippen molar-refractivity contribution in [1.29, 1.82) is 0 Å². The van der Waals surface area contributed by atoms with Gasteiger partial charge in [-0.1, -0.05) is 6.07 Å². The van der Waals surface area contributed by atoms with E-state index in [0.29, 0.717) is 18.2 Å². The number of thioether (sulfide) groups is 1. The molecule has 5 nitrogen and oxygen atoms in total. The van der Waals surface area contributed by atoms with E-state index in [1.807, 2.05) is 21.8 Å². The molecular weight excluding hydrogens is 390 g/mol. The second kappa shape index (κ2) is 8.43. The van der Waals surface area contributed by atoms with Crippen molar-refractivity contribution in [3.05, 3.63) is 56.1 Å². The number of nitrogens with zero attached hydrogens (tertiary/aromatic N) is 3. The van der Waals surface area contributed by atoms with Crippen molar-refractivity contribution in [3.63, 3.8) is 0 Å². The molecule has 7 heteroatoms. The summed E-state index contributed by atoms with van der Waals surface area (Å²) in [7, 11) is 2.06. The lowest BCUT2D eigenvalue weighted by Gasteiger charge is -2.43. The van der Waals surface area contributed by atoms with Gasteiger partial charge in [-0.2, -0.15) is 23.1 Å². The summed E-state index contributed by atoms with van der Waals surface area (Å²) < 4.78 is 1.99. The Balaban J connectivity index is 1.51. The molecule has 0 aromatic carbocycles. The van der Waals surface area contributed by atoms with Crippen LogP contribution in [0.3, 0.4) is 0 Å². The number of rotatable bonds is 6. The van der Waals surface area contributed by atoms with Gasteiger partial charge in [-0.3, -0.25) is 14.5 Å². The molecule has 150 valence electrons. The number of piperidine rings is 1. The van der Waals surface area contributed by atoms with Gasteiger partial charge in [0.25, 0.3) is 5.56 Å². The summed E-state index contributed by atoms with van der Waals surface area (Å²) >= 11 is 3.28. The van der Waals surface area contributed by atoms with E-state index in [2.05, 4.69) is 34.8 Å². The summed E-state index contributed by atoms with van der Waals surface area (Å²) in [4.78, 5) is 29.7. The van der Waals surface area contributed by atoms with Crippen LogP contribution < -0.4 is 5.56 Å². The van der Waals surface area contributed by atoms with Gasteiger partial charge in [0, 0.05) is 49.9 Å². The third-order valence-corrected chi connectivity index (χ3v) is 7.04. The van der Waals surface area contributed by atoms with E-state index in [-0.39, 0.29) is 17.4 Å². The summed E-state index contributed by atoms with van der Waals surface area (Å²) in [5, 5.41) is 4.24. The first-order valence-corrected chi connectivity index (χ1v) is 12.1. The van der Waals surface area contributed by atoms with E-state index in [9.17, 15) is 9.59 Å². The van der Waals surface area contributed by atoms with Crippen molar-refractivity contribution >= 4 is 29.0 Å². The Kier molecular flexibility index (Phi) is 5.94. The number of hydrogen-bond acceptors (Lipinski definition) is 5. The Bertz CT molecular complexity index is 894. The van der Waals surface area contributed by atoms with Crippen molar-refractivity contribution in [2.24, 2.45) is 5.92 Å². The van der Waals surface area contributed by atoms with Crippen molar-refractivity contribution in [2.45, 2.75) is 32.0 Å². The number of carbonyl (C=O) groups excluding carboxylic acids is 1. The smallest absolute Gasteiger partial charge is 0.255 e. The molecule has 2 aliphatic heterocycles. The maximum Gasteiger partial charge on any atom is 0.255 e. The minimum absolute atomic E-state index is 0.147. The van der Waals surface area contributed by atoms with E-state index < -0.39 is 0 Å². The molecular formula is C21H27N3O2S2. The SMILES string of the molecule is CSCC(=O)N1C[C@@H]2C[C@H](C1)c1ccc(CN(C)Cc3ccsc3)c(=O)n1C2. The fraction of sp³-hybridized carbons (Fsp3) is 0.524. The van der Waals surface area contributed by atoms with Crippen LogP contribution in [-0.4, -0.2) is 52.4 Å². The molecule has 0 spiro atoms. The van der Waals surface area contributed by atoms with Crippen LogP contribution in [0.2, 0.25) is 0 Å². The van der Waals surface area contributed by atoms with Crippen LogP contribution in [0.15, 0.2) is 33.8 Å². The summed E-state index contributed by atoms with van der Waals surface area (Å²) in [5.74, 6) is 1.43. The van der Waals surface area contributed by atoms with Crippen molar-refractivity contribution in [1.82, 2.24) is 14.4 Å². The molecule has 0 N–H and O–H groups in total. The van der Waals surface area contributed by atoms with Gasteiger partial charge < -0.3 is 9.47 Å². The third-order valence-electron chi connectivity index (χ3n) is 5.78. The average molecular weight is 418 g/mol. The first kappa shape index (κ1) is 19.7. The first-order valence-electron chi connectivity index (χ1n) is 9.74. The molecule has 28 heavy (non-hydrogen) atoms. The van der Waals surface area contributed by atoms with Gasteiger partial charge in [0.15, 0.2) is 0 Å². The highest BCUT2D eigenvalue weighted by Crippen LogP contribution is 2.35. The van der Waals surface area contributed by atoms with Gasteiger partial charge in [0.1, 0.15) is 0 Å². The van der Waals surface area contributed by atoms with Crippen LogP contribution in [0.25, 0.3) is 0 Å². The van der Waals surface area contributed by atoms with Gasteiger partial charge in [-0.05, 0) is 54.1 Å². The zero-order valence-corrected chi connectivity index (χ0v) is 18.1. The number of pyridine rings is 1. The van der Waals surface area contributed by atoms with E-state index in [1.54, 1.807) is 23.1 Å². The monoisotopic (exact) mass is 417 g/mol. The van der Waals surface area contributed by atoms with Crippen LogP contribution in [0.1, 0.15) is 29.2 Å². The second-order valence-electron chi connectivity index (χ2n) is 8.03. The fourth-order valence-electron chi connectivity index (χ4n) is 4.57. The van der Waals surface area contributed by atoms with Crippen molar-refractivity contribution in [2.75, 3.05) is 32.1 Å². The largest absolute Gasteiger partial charge is 0.341 e. The molecule has 2 aromatic heterocycles. The van der Waals surface area contributed by atoms with Crippen LogP contribution in [0.4, 0.5) is 0 Å². The minimum atomic E-state index is 0.147. The van der Waals surface area contributed by atoms with Crippen LogP contribution in [0, 0.1) is 5.92 Å². The highest BCUT2D eigenvalue weighted by Gasteiger charge is 2.36. The predicted octanol–water partition coefficient (Wildman–Crippen LogP) is 2.85. The number of amides is 1. The second-order valence-corrected chi connectivity index (χ2v) is 9.68. The maximum atomic E-state index is 13.2. The summed E-state index contributed by atoms with van der Waals surface area (Å²) in [6.45, 7) is 3.76. The average Bonchev–Trinajstić information content (AvgIpc) is 3.17. The van der Waals surface area contributed by atoms with E-state index in [4.69, 9.17) is 0 Å². The number of likely N-dealkylation sites (tertiary alicyclic amines) is 1. The predicted molar refractivity (Wildman–Crippen MR) is 116 cm³/mol. The lowest BCUT2D eigenvalue weighted by atomic mass is 9.83. The van der Waals surface area contributed by atoms with E-state index >= 15 is 0 Å². The van der Waals surface area contributed by atoms with Gasteiger partial charge in [-0.25, -0.2) is 0 Å². The van der Waals surface area contributed by atoms with Crippen LogP contribution >= 0.6 is 23.1 Å². The minimum Gasteiger partial charge on any atom is -0.341 e. The lowest BCUT2D eigenvalue weighted by Crippen LogP contribution is -2.50. The molecule has 1 fully saturated rings. The fourth-order valence-corrected chi connectivity index (χ4v) is 5.66. The first-order chi connectivity index (χ1) is 13.5. The van der Waals surface area contributed by atoms with E-state index in [0.717, 1.165) is 43.9 Å². The molecule has 1 saturated heterocycles.